The van der Waals surface area contributed by atoms with Gasteiger partial charge in [-0.25, -0.2) is 14.4 Å². The number of halogens is 1. The monoisotopic (exact) mass is 302 g/mol. The van der Waals surface area contributed by atoms with Crippen LogP contribution < -0.4 is 10.6 Å². The molecule has 0 aromatic carbocycles. The molecular weight excluding hydrogens is 287 g/mol. The predicted molar refractivity (Wildman–Crippen MR) is 78.7 cm³/mol. The predicted octanol–water partition coefficient (Wildman–Crippen LogP) is 1.68. The summed E-state index contributed by atoms with van der Waals surface area (Å²) >= 11 is 0. The van der Waals surface area contributed by atoms with Crippen LogP contribution >= 0.6 is 0 Å². The number of pyridine rings is 2. The van der Waals surface area contributed by atoms with Crippen molar-refractivity contribution >= 4 is 17.6 Å². The number of aromatic nitrogens is 2. The first kappa shape index (κ1) is 15.6. The Balaban J connectivity index is 1.77. The van der Waals surface area contributed by atoms with Crippen molar-refractivity contribution in [3.05, 3.63) is 53.7 Å². The van der Waals surface area contributed by atoms with Gasteiger partial charge in [0.05, 0.1) is 6.20 Å². The second-order valence-electron chi connectivity index (χ2n) is 4.58. The average molecular weight is 302 g/mol. The fourth-order valence-electron chi connectivity index (χ4n) is 1.71. The summed E-state index contributed by atoms with van der Waals surface area (Å²) in [6.45, 7) is 1.97. The van der Waals surface area contributed by atoms with E-state index in [9.17, 15) is 14.0 Å². The number of nitrogens with zero attached hydrogens (tertiary/aromatic N) is 2. The van der Waals surface area contributed by atoms with Crippen LogP contribution in [0.1, 0.15) is 22.6 Å². The van der Waals surface area contributed by atoms with Gasteiger partial charge in [0.2, 0.25) is 5.91 Å². The van der Waals surface area contributed by atoms with Crippen LogP contribution in [0.4, 0.5) is 10.2 Å². The van der Waals surface area contributed by atoms with E-state index in [-0.39, 0.29) is 24.6 Å². The van der Waals surface area contributed by atoms with E-state index in [0.29, 0.717) is 5.82 Å². The molecule has 0 aliphatic carbocycles. The van der Waals surface area contributed by atoms with Gasteiger partial charge < -0.3 is 10.6 Å². The summed E-state index contributed by atoms with van der Waals surface area (Å²) in [5.74, 6) is -0.759. The first-order valence-corrected chi connectivity index (χ1v) is 6.68. The number of aryl methyl sites for hydroxylation is 1. The van der Waals surface area contributed by atoms with Crippen molar-refractivity contribution in [3.8, 4) is 0 Å². The highest BCUT2D eigenvalue weighted by Crippen LogP contribution is 2.04. The number of hydrogen-bond acceptors (Lipinski definition) is 4. The molecule has 0 aliphatic rings. The Morgan fingerprint density at radius 2 is 2.05 bits per heavy atom. The molecule has 0 atom stereocenters. The van der Waals surface area contributed by atoms with Crippen molar-refractivity contribution in [1.82, 2.24) is 15.3 Å². The third-order valence-electron chi connectivity index (χ3n) is 2.75. The number of rotatable bonds is 5. The third-order valence-corrected chi connectivity index (χ3v) is 2.75. The Morgan fingerprint density at radius 3 is 2.73 bits per heavy atom. The minimum absolute atomic E-state index is 0.0992. The van der Waals surface area contributed by atoms with Crippen molar-refractivity contribution in [3.63, 3.8) is 0 Å². The highest BCUT2D eigenvalue weighted by atomic mass is 19.1. The molecule has 114 valence electrons. The van der Waals surface area contributed by atoms with Crippen LogP contribution in [0, 0.1) is 12.7 Å². The van der Waals surface area contributed by atoms with Crippen molar-refractivity contribution in [1.29, 1.82) is 0 Å². The van der Waals surface area contributed by atoms with Gasteiger partial charge in [0.1, 0.15) is 17.3 Å². The van der Waals surface area contributed by atoms with Gasteiger partial charge in [0.15, 0.2) is 0 Å². The fraction of sp³-hybridized carbons (Fsp3) is 0.200. The van der Waals surface area contributed by atoms with E-state index in [1.165, 1.54) is 6.07 Å². The third kappa shape index (κ3) is 4.62. The minimum atomic E-state index is -0.512. The Morgan fingerprint density at radius 1 is 1.23 bits per heavy atom. The molecule has 0 aliphatic heterocycles. The van der Waals surface area contributed by atoms with Crippen LogP contribution in [0.2, 0.25) is 0 Å². The van der Waals surface area contributed by atoms with Crippen LogP contribution in [0.25, 0.3) is 0 Å². The Hall–Kier alpha value is -2.83. The number of anilines is 1. The quantitative estimate of drug-likeness (QED) is 0.880. The van der Waals surface area contributed by atoms with Crippen molar-refractivity contribution in [2.24, 2.45) is 0 Å². The molecule has 2 rings (SSSR count). The molecule has 0 radical (unpaired) electrons. The molecule has 2 heterocycles. The number of carbonyl (C=O) groups excluding carboxylic acids is 2. The second kappa shape index (κ2) is 7.26. The zero-order valence-corrected chi connectivity index (χ0v) is 12.0. The number of carbonyl (C=O) groups is 2. The second-order valence-corrected chi connectivity index (χ2v) is 4.58. The normalized spacial score (nSPS) is 10.1. The average Bonchev–Trinajstić information content (AvgIpc) is 2.47. The Labute approximate surface area is 126 Å². The summed E-state index contributed by atoms with van der Waals surface area (Å²) in [6, 6.07) is 7.73. The maximum absolute atomic E-state index is 12.7. The SMILES string of the molecule is Cc1cccc(NC(=O)CCNC(=O)c2ccc(F)cn2)n1. The van der Waals surface area contributed by atoms with Gasteiger partial charge in [-0.2, -0.15) is 0 Å². The number of hydrogen-bond donors (Lipinski definition) is 2. The molecule has 0 bridgehead atoms. The summed E-state index contributed by atoms with van der Waals surface area (Å²) in [4.78, 5) is 31.2. The molecule has 2 N–H and O–H groups in total. The van der Waals surface area contributed by atoms with Crippen LogP contribution in [-0.4, -0.2) is 28.3 Å². The molecule has 0 unspecified atom stereocenters. The Bertz CT molecular complexity index is 673. The summed E-state index contributed by atoms with van der Waals surface area (Å²) in [5.41, 5.74) is 0.899. The molecule has 7 heteroatoms. The fourth-order valence-corrected chi connectivity index (χ4v) is 1.71. The van der Waals surface area contributed by atoms with Gasteiger partial charge >= 0.3 is 0 Å². The Kier molecular flexibility index (Phi) is 5.13. The summed E-state index contributed by atoms with van der Waals surface area (Å²) in [5, 5.41) is 5.18. The van der Waals surface area contributed by atoms with E-state index >= 15 is 0 Å². The van der Waals surface area contributed by atoms with Crippen LogP contribution in [-0.2, 0) is 4.79 Å². The molecule has 6 nitrogen and oxygen atoms in total. The molecule has 2 amide bonds. The largest absolute Gasteiger partial charge is 0.350 e. The first-order valence-electron chi connectivity index (χ1n) is 6.68. The van der Waals surface area contributed by atoms with Gasteiger partial charge in [-0.3, -0.25) is 9.59 Å². The van der Waals surface area contributed by atoms with Crippen molar-refractivity contribution < 1.29 is 14.0 Å². The van der Waals surface area contributed by atoms with Gasteiger partial charge in [0, 0.05) is 18.7 Å². The zero-order chi connectivity index (χ0) is 15.9. The van der Waals surface area contributed by atoms with E-state index < -0.39 is 11.7 Å². The molecule has 22 heavy (non-hydrogen) atoms. The van der Waals surface area contributed by atoms with Crippen molar-refractivity contribution in [2.75, 3.05) is 11.9 Å². The molecular formula is C15H15FN4O2. The lowest BCUT2D eigenvalue weighted by molar-refractivity contribution is -0.116. The van der Waals surface area contributed by atoms with Gasteiger partial charge in [-0.15, -0.1) is 0 Å². The molecule has 2 aromatic rings. The topological polar surface area (TPSA) is 84.0 Å². The number of nitrogens with one attached hydrogen (secondary N) is 2. The van der Waals surface area contributed by atoms with E-state index in [1.807, 2.05) is 13.0 Å². The van der Waals surface area contributed by atoms with E-state index in [0.717, 1.165) is 18.0 Å². The maximum atomic E-state index is 12.7. The van der Waals surface area contributed by atoms with Crippen LogP contribution in [0.5, 0.6) is 0 Å². The highest BCUT2D eigenvalue weighted by molar-refractivity contribution is 5.93. The van der Waals surface area contributed by atoms with Gasteiger partial charge in [-0.05, 0) is 31.2 Å². The lowest BCUT2D eigenvalue weighted by Gasteiger charge is -2.06. The van der Waals surface area contributed by atoms with Crippen LogP contribution in [0.3, 0.4) is 0 Å². The zero-order valence-electron chi connectivity index (χ0n) is 12.0. The lowest BCUT2D eigenvalue weighted by atomic mass is 10.3. The highest BCUT2D eigenvalue weighted by Gasteiger charge is 2.08. The summed E-state index contributed by atoms with van der Waals surface area (Å²) < 4.78 is 12.7. The molecule has 0 saturated heterocycles. The molecule has 0 saturated carbocycles. The van der Waals surface area contributed by atoms with Crippen molar-refractivity contribution in [2.45, 2.75) is 13.3 Å². The molecule has 2 aromatic heterocycles. The van der Waals surface area contributed by atoms with E-state index in [1.54, 1.807) is 12.1 Å². The standard InChI is InChI=1S/C15H15FN4O2/c1-10-3-2-4-13(19-10)20-14(21)7-8-17-15(22)12-6-5-11(16)9-18-12/h2-6,9H,7-8H2,1H3,(H,17,22)(H,19,20,21). The smallest absolute Gasteiger partial charge is 0.269 e. The van der Waals surface area contributed by atoms with E-state index in [2.05, 4.69) is 20.6 Å². The van der Waals surface area contributed by atoms with Crippen LogP contribution in [0.15, 0.2) is 36.5 Å². The maximum Gasteiger partial charge on any atom is 0.269 e. The number of amides is 2. The first-order chi connectivity index (χ1) is 10.5. The summed E-state index contributed by atoms with van der Waals surface area (Å²) in [6.07, 6.45) is 1.06. The van der Waals surface area contributed by atoms with Gasteiger partial charge in [-0.1, -0.05) is 6.07 Å². The van der Waals surface area contributed by atoms with E-state index in [4.69, 9.17) is 0 Å². The van der Waals surface area contributed by atoms with Gasteiger partial charge in [0.25, 0.3) is 5.91 Å². The minimum Gasteiger partial charge on any atom is -0.350 e. The summed E-state index contributed by atoms with van der Waals surface area (Å²) in [7, 11) is 0. The lowest BCUT2D eigenvalue weighted by Crippen LogP contribution is -2.28. The molecule has 0 fully saturated rings. The molecule has 0 spiro atoms.